The summed E-state index contributed by atoms with van der Waals surface area (Å²) in [7, 11) is 0. The molecule has 4 aromatic rings. The van der Waals surface area contributed by atoms with Crippen molar-refractivity contribution in [3.8, 4) is 5.69 Å². The van der Waals surface area contributed by atoms with Gasteiger partial charge in [0.15, 0.2) is 11.6 Å². The number of hydrogen-bond donors (Lipinski definition) is 1. The van der Waals surface area contributed by atoms with Crippen LogP contribution in [0.2, 0.25) is 0 Å². The van der Waals surface area contributed by atoms with E-state index in [1.54, 1.807) is 55.5 Å². The van der Waals surface area contributed by atoms with E-state index in [9.17, 15) is 14.0 Å². The molecule has 0 radical (unpaired) electrons. The summed E-state index contributed by atoms with van der Waals surface area (Å²) < 4.78 is 15.8. The first kappa shape index (κ1) is 19.1. The second kappa shape index (κ2) is 8.04. The fourth-order valence-electron chi connectivity index (χ4n) is 3.02. The lowest BCUT2D eigenvalue weighted by Crippen LogP contribution is -2.18. The van der Waals surface area contributed by atoms with E-state index in [2.05, 4.69) is 20.8 Å². The zero-order valence-corrected chi connectivity index (χ0v) is 15.9. The van der Waals surface area contributed by atoms with Crippen LogP contribution < -0.4 is 5.32 Å². The van der Waals surface area contributed by atoms with Gasteiger partial charge in [0.1, 0.15) is 5.82 Å². The zero-order valence-electron chi connectivity index (χ0n) is 15.9. The standard InChI is InChI=1S/C22H16FN5O2/c1-14-25-26-27-28(14)16-11-12-19(23)20(13-16)24-22(30)18-10-6-5-9-17(18)21(29)15-7-3-2-4-8-15/h2-13H,1H3,(H,24,30). The number of nitrogens with one attached hydrogen (secondary N) is 1. The minimum absolute atomic E-state index is 0.0469. The number of anilines is 1. The number of carbonyl (C=O) groups excluding carboxylic acids is 2. The average Bonchev–Trinajstić information content (AvgIpc) is 3.21. The Balaban J connectivity index is 1.66. The normalized spacial score (nSPS) is 10.6. The van der Waals surface area contributed by atoms with Crippen molar-refractivity contribution in [3.05, 3.63) is 101 Å². The highest BCUT2D eigenvalue weighted by molar-refractivity contribution is 6.17. The highest BCUT2D eigenvalue weighted by atomic mass is 19.1. The van der Waals surface area contributed by atoms with Crippen molar-refractivity contribution in [1.29, 1.82) is 0 Å². The van der Waals surface area contributed by atoms with Gasteiger partial charge in [-0.3, -0.25) is 9.59 Å². The molecule has 0 aliphatic carbocycles. The van der Waals surface area contributed by atoms with Crippen molar-refractivity contribution >= 4 is 17.4 Å². The Morgan fingerprint density at radius 3 is 2.33 bits per heavy atom. The zero-order chi connectivity index (χ0) is 21.1. The van der Waals surface area contributed by atoms with Gasteiger partial charge in [0.05, 0.1) is 16.9 Å². The van der Waals surface area contributed by atoms with Gasteiger partial charge >= 0.3 is 0 Å². The van der Waals surface area contributed by atoms with Crippen molar-refractivity contribution in [1.82, 2.24) is 20.2 Å². The van der Waals surface area contributed by atoms with Gasteiger partial charge in [-0.15, -0.1) is 5.10 Å². The number of rotatable bonds is 5. The number of tetrazole rings is 1. The second-order valence-corrected chi connectivity index (χ2v) is 6.50. The Bertz CT molecular complexity index is 1240. The number of halogens is 1. The van der Waals surface area contributed by atoms with Crippen LogP contribution in [0.1, 0.15) is 32.1 Å². The first-order valence-corrected chi connectivity index (χ1v) is 9.09. The molecule has 0 aliphatic heterocycles. The summed E-state index contributed by atoms with van der Waals surface area (Å²) in [6.45, 7) is 1.70. The quantitative estimate of drug-likeness (QED) is 0.516. The van der Waals surface area contributed by atoms with Crippen LogP contribution >= 0.6 is 0 Å². The molecule has 0 saturated heterocycles. The highest BCUT2D eigenvalue weighted by Crippen LogP contribution is 2.21. The molecule has 0 unspecified atom stereocenters. The summed E-state index contributed by atoms with van der Waals surface area (Å²) in [5.74, 6) is -0.998. The molecule has 0 saturated carbocycles. The number of carbonyl (C=O) groups is 2. The molecule has 1 N–H and O–H groups in total. The number of ketones is 1. The van der Waals surface area contributed by atoms with Crippen molar-refractivity contribution in [2.75, 3.05) is 5.32 Å². The number of hydrogen-bond acceptors (Lipinski definition) is 5. The first-order chi connectivity index (χ1) is 14.5. The number of amides is 1. The minimum Gasteiger partial charge on any atom is -0.319 e. The number of aryl methyl sites for hydroxylation is 1. The fourth-order valence-corrected chi connectivity index (χ4v) is 3.02. The second-order valence-electron chi connectivity index (χ2n) is 6.50. The lowest BCUT2D eigenvalue weighted by Gasteiger charge is -2.11. The Kier molecular flexibility index (Phi) is 5.13. The summed E-state index contributed by atoms with van der Waals surface area (Å²) in [5.41, 5.74) is 1.28. The topological polar surface area (TPSA) is 89.8 Å². The van der Waals surface area contributed by atoms with Gasteiger partial charge in [0, 0.05) is 11.1 Å². The smallest absolute Gasteiger partial charge is 0.256 e. The van der Waals surface area contributed by atoms with Crippen LogP contribution in [0.3, 0.4) is 0 Å². The van der Waals surface area contributed by atoms with E-state index < -0.39 is 11.7 Å². The summed E-state index contributed by atoms with van der Waals surface area (Å²) in [6.07, 6.45) is 0. The molecule has 1 aromatic heterocycles. The van der Waals surface area contributed by atoms with E-state index in [0.29, 0.717) is 17.1 Å². The van der Waals surface area contributed by atoms with Gasteiger partial charge < -0.3 is 5.32 Å². The average molecular weight is 401 g/mol. The number of nitrogens with zero attached hydrogens (tertiary/aromatic N) is 4. The molecule has 0 spiro atoms. The predicted molar refractivity (Wildman–Crippen MR) is 108 cm³/mol. The fraction of sp³-hybridized carbons (Fsp3) is 0.0455. The number of benzene rings is 3. The Morgan fingerprint density at radius 1 is 0.933 bits per heavy atom. The van der Waals surface area contributed by atoms with Gasteiger partial charge in [0.2, 0.25) is 0 Å². The molecule has 148 valence electrons. The van der Waals surface area contributed by atoms with E-state index in [1.165, 1.54) is 28.9 Å². The Hall–Kier alpha value is -4.20. The molecule has 0 bridgehead atoms. The van der Waals surface area contributed by atoms with Gasteiger partial charge in [-0.2, -0.15) is 4.68 Å². The van der Waals surface area contributed by atoms with Crippen LogP contribution in [0.25, 0.3) is 5.69 Å². The molecule has 1 amide bonds. The Labute approximate surface area is 171 Å². The maximum absolute atomic E-state index is 14.4. The molecule has 1 heterocycles. The van der Waals surface area contributed by atoms with E-state index in [4.69, 9.17) is 0 Å². The van der Waals surface area contributed by atoms with Gasteiger partial charge in [-0.1, -0.05) is 48.5 Å². The van der Waals surface area contributed by atoms with Crippen molar-refractivity contribution < 1.29 is 14.0 Å². The SMILES string of the molecule is Cc1nnnn1-c1ccc(F)c(NC(=O)c2ccccc2C(=O)c2ccccc2)c1. The van der Waals surface area contributed by atoms with Crippen LogP contribution in [0.4, 0.5) is 10.1 Å². The van der Waals surface area contributed by atoms with Crippen LogP contribution in [0.15, 0.2) is 72.8 Å². The maximum atomic E-state index is 14.4. The molecule has 0 fully saturated rings. The van der Waals surface area contributed by atoms with E-state index >= 15 is 0 Å². The third-order valence-electron chi connectivity index (χ3n) is 4.52. The lowest BCUT2D eigenvalue weighted by atomic mass is 9.98. The highest BCUT2D eigenvalue weighted by Gasteiger charge is 2.19. The first-order valence-electron chi connectivity index (χ1n) is 9.09. The third kappa shape index (κ3) is 3.70. The predicted octanol–water partition coefficient (Wildman–Crippen LogP) is 3.59. The third-order valence-corrected chi connectivity index (χ3v) is 4.52. The minimum atomic E-state index is -0.621. The molecule has 7 nitrogen and oxygen atoms in total. The molecule has 0 atom stereocenters. The summed E-state index contributed by atoms with van der Waals surface area (Å²) in [4.78, 5) is 25.8. The monoisotopic (exact) mass is 401 g/mol. The van der Waals surface area contributed by atoms with E-state index in [1.807, 2.05) is 0 Å². The molecule has 0 aliphatic rings. The van der Waals surface area contributed by atoms with Crippen molar-refractivity contribution in [2.45, 2.75) is 6.92 Å². The number of aromatic nitrogens is 4. The van der Waals surface area contributed by atoms with Gasteiger partial charge in [-0.25, -0.2) is 4.39 Å². The molecule has 4 rings (SSSR count). The summed E-state index contributed by atoms with van der Waals surface area (Å²) in [5, 5.41) is 13.7. The van der Waals surface area contributed by atoms with E-state index in [0.717, 1.165) is 0 Å². The molecule has 3 aromatic carbocycles. The van der Waals surface area contributed by atoms with Crippen LogP contribution in [-0.4, -0.2) is 31.9 Å². The summed E-state index contributed by atoms with van der Waals surface area (Å²) >= 11 is 0. The molecule has 30 heavy (non-hydrogen) atoms. The van der Waals surface area contributed by atoms with Gasteiger partial charge in [0.25, 0.3) is 5.91 Å². The molecular weight excluding hydrogens is 385 g/mol. The van der Waals surface area contributed by atoms with Crippen molar-refractivity contribution in [2.24, 2.45) is 0 Å². The van der Waals surface area contributed by atoms with E-state index in [-0.39, 0.29) is 22.6 Å². The summed E-state index contributed by atoms with van der Waals surface area (Å²) in [6, 6.07) is 19.2. The largest absolute Gasteiger partial charge is 0.319 e. The van der Waals surface area contributed by atoms with Crippen LogP contribution in [-0.2, 0) is 0 Å². The maximum Gasteiger partial charge on any atom is 0.256 e. The molecular formula is C22H16FN5O2. The lowest BCUT2D eigenvalue weighted by molar-refractivity contribution is 0.0996. The van der Waals surface area contributed by atoms with Crippen LogP contribution in [0.5, 0.6) is 0 Å². The van der Waals surface area contributed by atoms with Crippen molar-refractivity contribution in [3.63, 3.8) is 0 Å². The molecule has 8 heteroatoms. The van der Waals surface area contributed by atoms with Crippen LogP contribution in [0, 0.1) is 12.7 Å². The van der Waals surface area contributed by atoms with Gasteiger partial charge in [-0.05, 0) is 41.6 Å². The Morgan fingerprint density at radius 2 is 1.63 bits per heavy atom.